The van der Waals surface area contributed by atoms with E-state index < -0.39 is 60.8 Å². The molecule has 0 aromatic rings. The summed E-state index contributed by atoms with van der Waals surface area (Å²) in [5.74, 6) is -0.954. The van der Waals surface area contributed by atoms with Gasteiger partial charge in [-0.15, -0.1) is 0 Å². The van der Waals surface area contributed by atoms with Gasteiger partial charge in [0.25, 0.3) is 0 Å². The van der Waals surface area contributed by atoms with Gasteiger partial charge < -0.3 is 40.0 Å². The minimum atomic E-state index is -1.71. The predicted octanol–water partition coefficient (Wildman–Crippen LogP) is -2.10. The predicted molar refractivity (Wildman–Crippen MR) is 78.9 cm³/mol. The van der Waals surface area contributed by atoms with E-state index in [-0.39, 0.29) is 0 Å². The van der Waals surface area contributed by atoms with E-state index in [0.717, 1.165) is 7.11 Å². The molecule has 1 rings (SSSR count). The number of nitrogens with one attached hydrogen (secondary N) is 1. The van der Waals surface area contributed by atoms with E-state index in [1.54, 1.807) is 20.8 Å². The van der Waals surface area contributed by atoms with Crippen molar-refractivity contribution in [2.24, 2.45) is 0 Å². The van der Waals surface area contributed by atoms with Crippen molar-refractivity contribution in [2.45, 2.75) is 62.9 Å². The Balaban J connectivity index is 2.98. The summed E-state index contributed by atoms with van der Waals surface area (Å²) in [4.78, 5) is 23.8. The number of hydrogen-bond donors (Lipinski definition) is 5. The maximum atomic E-state index is 12.0. The minimum absolute atomic E-state index is 0.665. The van der Waals surface area contributed by atoms with Gasteiger partial charge in [0.2, 0.25) is 0 Å². The van der Waals surface area contributed by atoms with Gasteiger partial charge in [-0.3, -0.25) is 0 Å². The van der Waals surface area contributed by atoms with Gasteiger partial charge in [0.15, 0.2) is 6.04 Å². The number of aliphatic hydroxyl groups excluding tert-OH is 4. The highest BCUT2D eigenvalue weighted by Gasteiger charge is 2.49. The maximum Gasteiger partial charge on any atom is 0.408 e. The second-order valence-electron chi connectivity index (χ2n) is 6.44. The smallest absolute Gasteiger partial charge is 0.408 e. The summed E-state index contributed by atoms with van der Waals surface area (Å²) in [5, 5.41) is 41.0. The minimum Gasteiger partial charge on any atom is -0.467 e. The van der Waals surface area contributed by atoms with Crippen LogP contribution in [0, 0.1) is 0 Å². The third-order valence-corrected chi connectivity index (χ3v) is 3.39. The third kappa shape index (κ3) is 5.02. The molecule has 0 radical (unpaired) electrons. The molecule has 1 aliphatic heterocycles. The molecule has 1 amide bonds. The lowest BCUT2D eigenvalue weighted by Gasteiger charge is -2.42. The number of methoxy groups -OCH3 is 1. The van der Waals surface area contributed by atoms with E-state index in [0.29, 0.717) is 0 Å². The lowest BCUT2D eigenvalue weighted by Crippen LogP contribution is -2.65. The Morgan fingerprint density at radius 2 is 1.75 bits per heavy atom. The maximum absolute atomic E-state index is 12.0. The molecule has 0 aliphatic carbocycles. The van der Waals surface area contributed by atoms with Crippen LogP contribution in [0.3, 0.4) is 0 Å². The van der Waals surface area contributed by atoms with E-state index >= 15 is 0 Å². The highest BCUT2D eigenvalue weighted by Crippen LogP contribution is 2.24. The molecule has 0 aromatic carbocycles. The zero-order valence-corrected chi connectivity index (χ0v) is 14.0. The molecule has 0 spiro atoms. The summed E-state index contributed by atoms with van der Waals surface area (Å²) in [5.41, 5.74) is -0.833. The summed E-state index contributed by atoms with van der Waals surface area (Å²) >= 11 is 0. The topological polar surface area (TPSA) is 155 Å². The van der Waals surface area contributed by atoms with Gasteiger partial charge >= 0.3 is 12.1 Å². The average Bonchev–Trinajstić information content (AvgIpc) is 2.48. The fourth-order valence-corrected chi connectivity index (χ4v) is 2.24. The Hall–Kier alpha value is -1.46. The largest absolute Gasteiger partial charge is 0.467 e. The van der Waals surface area contributed by atoms with Gasteiger partial charge in [0, 0.05) is 0 Å². The third-order valence-electron chi connectivity index (χ3n) is 3.39. The number of amides is 1. The summed E-state index contributed by atoms with van der Waals surface area (Å²) in [6.45, 7) is 4.19. The van der Waals surface area contributed by atoms with Crippen molar-refractivity contribution in [1.82, 2.24) is 5.32 Å². The normalized spacial score (nSPS) is 31.9. The van der Waals surface area contributed by atoms with Crippen molar-refractivity contribution in [1.29, 1.82) is 0 Å². The number of carbonyl (C=O) groups is 2. The summed E-state index contributed by atoms with van der Waals surface area (Å²) in [6, 6.07) is -1.52. The van der Waals surface area contributed by atoms with E-state index in [1.165, 1.54) is 0 Å². The first-order chi connectivity index (χ1) is 11.0. The lowest BCUT2D eigenvalue weighted by molar-refractivity contribution is -0.236. The first-order valence-electron chi connectivity index (χ1n) is 7.39. The Bertz CT molecular complexity index is 448. The van der Waals surface area contributed by atoms with Crippen LogP contribution in [-0.4, -0.2) is 88.4 Å². The van der Waals surface area contributed by atoms with Crippen molar-refractivity contribution in [3.05, 3.63) is 0 Å². The molecule has 1 saturated heterocycles. The molecule has 0 bridgehead atoms. The molecule has 10 heteroatoms. The van der Waals surface area contributed by atoms with Crippen LogP contribution in [0.4, 0.5) is 4.79 Å². The van der Waals surface area contributed by atoms with Crippen molar-refractivity contribution in [3.63, 3.8) is 0 Å². The fourth-order valence-electron chi connectivity index (χ4n) is 2.24. The van der Waals surface area contributed by atoms with Gasteiger partial charge in [0.1, 0.15) is 36.1 Å². The highest BCUT2D eigenvalue weighted by atomic mass is 16.6. The van der Waals surface area contributed by atoms with Crippen molar-refractivity contribution in [3.8, 4) is 0 Å². The van der Waals surface area contributed by atoms with Crippen molar-refractivity contribution >= 4 is 12.1 Å². The quantitative estimate of drug-likeness (QED) is 0.358. The van der Waals surface area contributed by atoms with Gasteiger partial charge in [-0.2, -0.15) is 0 Å². The van der Waals surface area contributed by atoms with Gasteiger partial charge in [0.05, 0.1) is 13.7 Å². The molecule has 140 valence electrons. The Morgan fingerprint density at radius 1 is 1.17 bits per heavy atom. The van der Waals surface area contributed by atoms with Gasteiger partial charge in [-0.1, -0.05) is 0 Å². The van der Waals surface area contributed by atoms with Gasteiger partial charge in [-0.25, -0.2) is 9.59 Å². The molecule has 3 unspecified atom stereocenters. The number of ether oxygens (including phenoxy) is 3. The fraction of sp³-hybridized carbons (Fsp3) is 0.857. The molecule has 6 atom stereocenters. The zero-order valence-electron chi connectivity index (χ0n) is 14.0. The number of hydrogen-bond acceptors (Lipinski definition) is 9. The molecule has 0 aromatic heterocycles. The molecule has 1 heterocycles. The van der Waals surface area contributed by atoms with E-state index in [4.69, 9.17) is 9.47 Å². The molecule has 5 N–H and O–H groups in total. The lowest BCUT2D eigenvalue weighted by atomic mass is 9.91. The van der Waals surface area contributed by atoms with Crippen molar-refractivity contribution in [2.75, 3.05) is 13.7 Å². The molecule has 1 fully saturated rings. The Kier molecular flexibility index (Phi) is 6.93. The van der Waals surface area contributed by atoms with Crippen LogP contribution in [0.2, 0.25) is 0 Å². The first-order valence-corrected chi connectivity index (χ1v) is 7.39. The highest BCUT2D eigenvalue weighted by molar-refractivity contribution is 5.82. The molecule has 1 aliphatic rings. The van der Waals surface area contributed by atoms with Gasteiger partial charge in [-0.05, 0) is 20.8 Å². The Morgan fingerprint density at radius 3 is 2.21 bits per heavy atom. The standard InChI is InChI=1S/C14H25NO9/c1-14(2,3)24-13(21)15-7(12(20)22-4)11-10(19)9(18)8(17)6(5-16)23-11/h6-11,16-19H,5H2,1-4H3,(H,15,21)/t6?,7-,8-,9?,10?,11+/m1/s1. The number of carbonyl (C=O) groups excluding carboxylic acids is 2. The van der Waals surface area contributed by atoms with Crippen LogP contribution in [0.5, 0.6) is 0 Å². The summed E-state index contributed by atoms with van der Waals surface area (Å²) in [7, 11) is 1.07. The second kappa shape index (κ2) is 8.08. The molecular weight excluding hydrogens is 326 g/mol. The van der Waals surface area contributed by atoms with E-state index in [1.807, 2.05) is 0 Å². The molecule has 0 saturated carbocycles. The van der Waals surface area contributed by atoms with Crippen LogP contribution in [0.15, 0.2) is 0 Å². The Labute approximate surface area is 139 Å². The number of aliphatic hydroxyl groups is 4. The summed E-state index contributed by atoms with van der Waals surface area (Å²) < 4.78 is 14.9. The van der Waals surface area contributed by atoms with E-state index in [9.17, 15) is 30.0 Å². The SMILES string of the molecule is COC(=O)[C@H](NC(=O)OC(C)(C)C)[C@@H]1OC(CO)[C@@H](O)C(O)C1O. The van der Waals surface area contributed by atoms with Crippen LogP contribution >= 0.6 is 0 Å². The molecule has 10 nitrogen and oxygen atoms in total. The van der Waals surface area contributed by atoms with Crippen LogP contribution in [0.25, 0.3) is 0 Å². The van der Waals surface area contributed by atoms with Crippen LogP contribution in [-0.2, 0) is 19.0 Å². The van der Waals surface area contributed by atoms with Crippen LogP contribution in [0.1, 0.15) is 20.8 Å². The van der Waals surface area contributed by atoms with Crippen LogP contribution < -0.4 is 5.32 Å². The monoisotopic (exact) mass is 351 g/mol. The number of alkyl carbamates (subject to hydrolysis) is 1. The molecular formula is C14H25NO9. The zero-order chi connectivity index (χ0) is 18.7. The molecule has 24 heavy (non-hydrogen) atoms. The van der Waals surface area contributed by atoms with Crippen molar-refractivity contribution < 1.29 is 44.2 Å². The average molecular weight is 351 g/mol. The van der Waals surface area contributed by atoms with E-state index in [2.05, 4.69) is 10.1 Å². The number of rotatable bonds is 4. The first kappa shape index (κ1) is 20.6. The summed E-state index contributed by atoms with van der Waals surface area (Å²) in [6.07, 6.45) is -8.62. The second-order valence-corrected chi connectivity index (χ2v) is 6.44. The number of esters is 1.